The molecule has 0 saturated heterocycles. The van der Waals surface area contributed by atoms with Gasteiger partial charge in [0.1, 0.15) is 16.1 Å². The molecule has 1 unspecified atom stereocenters. The van der Waals surface area contributed by atoms with Gasteiger partial charge in [0, 0.05) is 11.4 Å². The van der Waals surface area contributed by atoms with Crippen molar-refractivity contribution in [2.75, 3.05) is 0 Å². The van der Waals surface area contributed by atoms with E-state index >= 15 is 0 Å². The van der Waals surface area contributed by atoms with Gasteiger partial charge in [0.2, 0.25) is 0 Å². The van der Waals surface area contributed by atoms with Crippen LogP contribution in [0.3, 0.4) is 0 Å². The summed E-state index contributed by atoms with van der Waals surface area (Å²) in [4.78, 5) is 5.38. The highest BCUT2D eigenvalue weighted by Gasteiger charge is 2.22. The Labute approximate surface area is 136 Å². The molecular weight excluding hydrogens is 354 g/mol. The topological polar surface area (TPSA) is 30.8 Å². The number of aryl methyl sites for hydroxylation is 1. The van der Waals surface area contributed by atoms with E-state index in [0.29, 0.717) is 5.02 Å². The zero-order valence-electron chi connectivity index (χ0n) is 11.3. The van der Waals surface area contributed by atoms with E-state index in [1.807, 2.05) is 37.3 Å². The molecular formula is C16H13BrClNO2. The van der Waals surface area contributed by atoms with Gasteiger partial charge in [0.05, 0.1) is 0 Å². The van der Waals surface area contributed by atoms with Crippen LogP contribution in [-0.4, -0.2) is 4.62 Å². The van der Waals surface area contributed by atoms with Crippen molar-refractivity contribution in [3.63, 3.8) is 0 Å². The number of hydrogen-bond acceptors (Lipinski definition) is 3. The molecule has 0 fully saturated rings. The van der Waals surface area contributed by atoms with Gasteiger partial charge in [-0.05, 0) is 64.3 Å². The van der Waals surface area contributed by atoms with E-state index in [2.05, 4.69) is 21.1 Å². The Morgan fingerprint density at radius 1 is 1.24 bits per heavy atom. The van der Waals surface area contributed by atoms with Gasteiger partial charge in [-0.2, -0.15) is 0 Å². The van der Waals surface area contributed by atoms with Gasteiger partial charge in [-0.15, -0.1) is 0 Å². The van der Waals surface area contributed by atoms with Crippen molar-refractivity contribution in [2.45, 2.75) is 19.4 Å². The maximum atomic E-state index is 5.93. The summed E-state index contributed by atoms with van der Waals surface area (Å²) in [5, 5.41) is 4.61. The number of benzene rings is 2. The van der Waals surface area contributed by atoms with Gasteiger partial charge in [0.15, 0.2) is 6.10 Å². The molecule has 5 heteroatoms. The first kappa shape index (κ1) is 14.4. The second-order valence-corrected chi connectivity index (χ2v) is 6.20. The lowest BCUT2D eigenvalue weighted by atomic mass is 10.0. The maximum Gasteiger partial charge on any atom is 0.158 e. The second kappa shape index (κ2) is 6.08. The minimum absolute atomic E-state index is 0.0625. The van der Waals surface area contributed by atoms with Crippen molar-refractivity contribution in [3.8, 4) is 11.5 Å². The van der Waals surface area contributed by atoms with Crippen molar-refractivity contribution in [3.05, 3.63) is 58.6 Å². The third-order valence-corrected chi connectivity index (χ3v) is 3.98. The van der Waals surface area contributed by atoms with Crippen LogP contribution in [0.15, 0.2) is 47.6 Å². The van der Waals surface area contributed by atoms with E-state index in [4.69, 9.17) is 21.2 Å². The van der Waals surface area contributed by atoms with Crippen LogP contribution in [0, 0.1) is 6.92 Å². The summed E-state index contributed by atoms with van der Waals surface area (Å²) in [7, 11) is 0. The molecule has 0 saturated carbocycles. The minimum atomic E-state index is -0.0625. The van der Waals surface area contributed by atoms with Gasteiger partial charge in [0.25, 0.3) is 0 Å². The SMILES string of the molecule is Cc1ccc(C2CC(Br)=NO2)cc1Oc1ccc(Cl)cc1. The molecule has 0 N–H and O–H groups in total. The normalized spacial score (nSPS) is 17.3. The lowest BCUT2D eigenvalue weighted by Gasteiger charge is -2.13. The van der Waals surface area contributed by atoms with Crippen molar-refractivity contribution in [2.24, 2.45) is 5.16 Å². The predicted octanol–water partition coefficient (Wildman–Crippen LogP) is 5.61. The standard InChI is InChI=1S/C16H13BrClNO2/c1-10-2-3-11(15-9-16(17)19-21-15)8-14(10)20-13-6-4-12(18)5-7-13/h2-8,15H,9H2,1H3. The summed E-state index contributed by atoms with van der Waals surface area (Å²) in [5.74, 6) is 1.56. The number of halogens is 2. The summed E-state index contributed by atoms with van der Waals surface area (Å²) in [6.07, 6.45) is 0.677. The number of rotatable bonds is 3. The van der Waals surface area contributed by atoms with Crippen molar-refractivity contribution >= 4 is 32.2 Å². The fraction of sp³-hybridized carbons (Fsp3) is 0.188. The quantitative estimate of drug-likeness (QED) is 0.707. The summed E-state index contributed by atoms with van der Waals surface area (Å²) < 4.78 is 6.75. The Morgan fingerprint density at radius 3 is 2.67 bits per heavy atom. The van der Waals surface area contributed by atoms with Crippen LogP contribution in [-0.2, 0) is 4.84 Å². The Kier molecular flexibility index (Phi) is 4.17. The average molecular weight is 367 g/mol. The van der Waals surface area contributed by atoms with Crippen LogP contribution in [0.4, 0.5) is 0 Å². The lowest BCUT2D eigenvalue weighted by molar-refractivity contribution is 0.0856. The summed E-state index contributed by atoms with van der Waals surface area (Å²) in [6.45, 7) is 2.01. The summed E-state index contributed by atoms with van der Waals surface area (Å²) in [6, 6.07) is 13.4. The highest BCUT2D eigenvalue weighted by atomic mass is 79.9. The smallest absolute Gasteiger partial charge is 0.158 e. The van der Waals surface area contributed by atoms with E-state index in [1.165, 1.54) is 0 Å². The van der Waals surface area contributed by atoms with Crippen molar-refractivity contribution < 1.29 is 9.57 Å². The van der Waals surface area contributed by atoms with Crippen LogP contribution in [0.5, 0.6) is 11.5 Å². The average Bonchev–Trinajstić information content (AvgIpc) is 2.90. The number of oxime groups is 1. The first-order valence-electron chi connectivity index (χ1n) is 6.54. The van der Waals surface area contributed by atoms with Crippen molar-refractivity contribution in [1.29, 1.82) is 0 Å². The molecule has 0 amide bonds. The number of hydrogen-bond donors (Lipinski definition) is 0. The predicted molar refractivity (Wildman–Crippen MR) is 87.5 cm³/mol. The first-order valence-corrected chi connectivity index (χ1v) is 7.71. The Hall–Kier alpha value is -1.52. The molecule has 2 aromatic rings. The second-order valence-electron chi connectivity index (χ2n) is 4.85. The molecule has 108 valence electrons. The molecule has 1 aliphatic rings. The van der Waals surface area contributed by atoms with Crippen molar-refractivity contribution in [1.82, 2.24) is 0 Å². The monoisotopic (exact) mass is 365 g/mol. The Bertz CT molecular complexity index is 685. The number of ether oxygens (including phenoxy) is 1. The van der Waals surface area contributed by atoms with E-state index in [-0.39, 0.29) is 6.10 Å². The fourth-order valence-electron chi connectivity index (χ4n) is 2.08. The maximum absolute atomic E-state index is 5.93. The number of nitrogens with zero attached hydrogens (tertiary/aromatic N) is 1. The highest BCUT2D eigenvalue weighted by Crippen LogP contribution is 2.34. The molecule has 1 aliphatic heterocycles. The van der Waals surface area contributed by atoms with Gasteiger partial charge >= 0.3 is 0 Å². The van der Waals surface area contributed by atoms with Crippen LogP contribution in [0.2, 0.25) is 5.02 Å². The first-order chi connectivity index (χ1) is 10.1. The Balaban J connectivity index is 1.83. The molecule has 3 nitrogen and oxygen atoms in total. The molecule has 2 aromatic carbocycles. The minimum Gasteiger partial charge on any atom is -0.457 e. The molecule has 21 heavy (non-hydrogen) atoms. The van der Waals surface area contributed by atoms with Crippen LogP contribution in [0.25, 0.3) is 0 Å². The molecule has 0 bridgehead atoms. The molecule has 1 heterocycles. The largest absolute Gasteiger partial charge is 0.457 e. The van der Waals surface area contributed by atoms with E-state index in [1.54, 1.807) is 12.1 Å². The van der Waals surface area contributed by atoms with Gasteiger partial charge < -0.3 is 9.57 Å². The van der Waals surface area contributed by atoms with Crippen LogP contribution < -0.4 is 4.74 Å². The summed E-state index contributed by atoms with van der Waals surface area (Å²) in [5.41, 5.74) is 2.11. The molecule has 0 aromatic heterocycles. The zero-order chi connectivity index (χ0) is 14.8. The molecule has 0 aliphatic carbocycles. The van der Waals surface area contributed by atoms with Gasteiger partial charge in [-0.1, -0.05) is 28.9 Å². The molecule has 0 radical (unpaired) electrons. The third-order valence-electron chi connectivity index (χ3n) is 3.26. The molecule has 1 atom stereocenters. The Morgan fingerprint density at radius 2 is 2.00 bits per heavy atom. The van der Waals surface area contributed by atoms with E-state index < -0.39 is 0 Å². The molecule has 3 rings (SSSR count). The van der Waals surface area contributed by atoms with Gasteiger partial charge in [-0.25, -0.2) is 0 Å². The molecule has 0 spiro atoms. The van der Waals surface area contributed by atoms with E-state index in [0.717, 1.165) is 33.7 Å². The van der Waals surface area contributed by atoms with Crippen LogP contribution in [0.1, 0.15) is 23.7 Å². The summed E-state index contributed by atoms with van der Waals surface area (Å²) >= 11 is 9.23. The fourth-order valence-corrected chi connectivity index (χ4v) is 2.59. The van der Waals surface area contributed by atoms with E-state index in [9.17, 15) is 0 Å². The van der Waals surface area contributed by atoms with Crippen LogP contribution >= 0.6 is 27.5 Å². The highest BCUT2D eigenvalue weighted by molar-refractivity contribution is 9.18. The lowest BCUT2D eigenvalue weighted by Crippen LogP contribution is -1.98. The van der Waals surface area contributed by atoms with Gasteiger partial charge in [-0.3, -0.25) is 0 Å². The third kappa shape index (κ3) is 3.39. The zero-order valence-corrected chi connectivity index (χ0v) is 13.7.